The van der Waals surface area contributed by atoms with Crippen LogP contribution in [-0.4, -0.2) is 0 Å². The average Bonchev–Trinajstić information content (AvgIpc) is 2.16. The molecule has 0 spiro atoms. The molecule has 0 amide bonds. The number of hydrogen-bond acceptors (Lipinski definition) is 1. The molecule has 86 valence electrons. The Morgan fingerprint density at radius 2 is 1.67 bits per heavy atom. The monoisotopic (exact) mass is 207 g/mol. The molecular weight excluding hydrogens is 182 g/mol. The Balaban J connectivity index is 2.67. The van der Waals surface area contributed by atoms with Crippen molar-refractivity contribution in [3.63, 3.8) is 0 Å². The van der Waals surface area contributed by atoms with Gasteiger partial charge in [-0.1, -0.05) is 34.6 Å². The van der Waals surface area contributed by atoms with Crippen molar-refractivity contribution in [3.05, 3.63) is 0 Å². The van der Waals surface area contributed by atoms with Gasteiger partial charge in [-0.05, 0) is 42.9 Å². The van der Waals surface area contributed by atoms with Gasteiger partial charge >= 0.3 is 0 Å². The van der Waals surface area contributed by atoms with Crippen molar-refractivity contribution in [2.75, 3.05) is 0 Å². The summed E-state index contributed by atoms with van der Waals surface area (Å²) in [6, 6.07) is 2.59. The third kappa shape index (κ3) is 2.54. The first-order chi connectivity index (χ1) is 6.82. The zero-order chi connectivity index (χ0) is 11.7. The van der Waals surface area contributed by atoms with E-state index < -0.39 is 0 Å². The maximum absolute atomic E-state index is 9.35. The molecule has 0 aromatic heterocycles. The summed E-state index contributed by atoms with van der Waals surface area (Å²) in [6.45, 7) is 11.4. The lowest BCUT2D eigenvalue weighted by molar-refractivity contribution is 0.0926. The Bertz CT molecular complexity index is 243. The summed E-state index contributed by atoms with van der Waals surface area (Å²) in [5.74, 6) is 1.31. The predicted molar refractivity (Wildman–Crippen MR) is 64.3 cm³/mol. The molecular formula is C14H25N. The molecule has 0 saturated heterocycles. The number of hydrogen-bond donors (Lipinski definition) is 0. The van der Waals surface area contributed by atoms with Gasteiger partial charge in [-0.2, -0.15) is 5.26 Å². The molecule has 1 aliphatic carbocycles. The highest BCUT2D eigenvalue weighted by molar-refractivity contribution is 5.04. The first-order valence-electron chi connectivity index (χ1n) is 6.23. The van der Waals surface area contributed by atoms with Gasteiger partial charge in [0.15, 0.2) is 0 Å². The summed E-state index contributed by atoms with van der Waals surface area (Å²) >= 11 is 0. The van der Waals surface area contributed by atoms with E-state index in [0.29, 0.717) is 11.3 Å². The standard InChI is InChI=1S/C14H25N/c1-11(2)14(10-15)8-6-12(7-9-14)13(3,4)5/h11-12H,6-9H2,1-5H3. The lowest BCUT2D eigenvalue weighted by atomic mass is 9.61. The number of nitrogens with zero attached hydrogens (tertiary/aromatic N) is 1. The summed E-state index contributed by atoms with van der Waals surface area (Å²) in [5, 5.41) is 9.35. The van der Waals surface area contributed by atoms with E-state index in [0.717, 1.165) is 18.8 Å². The molecule has 0 atom stereocenters. The molecule has 1 rings (SSSR count). The second-order valence-electron chi connectivity index (χ2n) is 6.56. The highest BCUT2D eigenvalue weighted by atomic mass is 14.5. The van der Waals surface area contributed by atoms with Crippen LogP contribution in [0.25, 0.3) is 0 Å². The molecule has 1 heteroatoms. The first kappa shape index (κ1) is 12.6. The zero-order valence-corrected chi connectivity index (χ0v) is 10.9. The topological polar surface area (TPSA) is 23.8 Å². The molecule has 0 aromatic rings. The van der Waals surface area contributed by atoms with Gasteiger partial charge in [0.05, 0.1) is 11.5 Å². The second-order valence-corrected chi connectivity index (χ2v) is 6.56. The van der Waals surface area contributed by atoms with Gasteiger partial charge in [0, 0.05) is 0 Å². The molecule has 0 bridgehead atoms. The molecule has 1 aliphatic rings. The van der Waals surface area contributed by atoms with Crippen LogP contribution in [0, 0.1) is 34.0 Å². The van der Waals surface area contributed by atoms with Crippen molar-refractivity contribution < 1.29 is 0 Å². The minimum atomic E-state index is -0.0260. The van der Waals surface area contributed by atoms with E-state index in [-0.39, 0.29) is 5.41 Å². The zero-order valence-electron chi connectivity index (χ0n) is 10.9. The minimum absolute atomic E-state index is 0.0260. The van der Waals surface area contributed by atoms with Crippen molar-refractivity contribution in [2.45, 2.75) is 60.3 Å². The summed E-state index contributed by atoms with van der Waals surface area (Å²) in [5.41, 5.74) is 0.389. The van der Waals surface area contributed by atoms with Gasteiger partial charge in [0.25, 0.3) is 0 Å². The van der Waals surface area contributed by atoms with Crippen molar-refractivity contribution in [1.29, 1.82) is 5.26 Å². The lowest BCUT2D eigenvalue weighted by Gasteiger charge is -2.42. The predicted octanol–water partition coefficient (Wildman–Crippen LogP) is 4.39. The SMILES string of the molecule is CC(C)C1(C#N)CCC(C(C)(C)C)CC1. The van der Waals surface area contributed by atoms with Crippen molar-refractivity contribution in [2.24, 2.45) is 22.7 Å². The molecule has 0 unspecified atom stereocenters. The van der Waals surface area contributed by atoms with Gasteiger partial charge in [0.1, 0.15) is 0 Å². The summed E-state index contributed by atoms with van der Waals surface area (Å²) in [4.78, 5) is 0. The van der Waals surface area contributed by atoms with E-state index in [9.17, 15) is 5.26 Å². The number of rotatable bonds is 1. The fraction of sp³-hybridized carbons (Fsp3) is 0.929. The van der Waals surface area contributed by atoms with Crippen LogP contribution < -0.4 is 0 Å². The smallest absolute Gasteiger partial charge is 0.0692 e. The minimum Gasteiger partial charge on any atom is -0.198 e. The van der Waals surface area contributed by atoms with Crippen LogP contribution in [0.2, 0.25) is 0 Å². The largest absolute Gasteiger partial charge is 0.198 e. The van der Waals surface area contributed by atoms with Crippen molar-refractivity contribution >= 4 is 0 Å². The van der Waals surface area contributed by atoms with Crippen LogP contribution in [0.3, 0.4) is 0 Å². The molecule has 0 heterocycles. The third-order valence-corrected chi connectivity index (χ3v) is 4.43. The van der Waals surface area contributed by atoms with Crippen LogP contribution >= 0.6 is 0 Å². The summed E-state index contributed by atoms with van der Waals surface area (Å²) < 4.78 is 0. The molecule has 0 N–H and O–H groups in total. The van der Waals surface area contributed by atoms with E-state index in [2.05, 4.69) is 40.7 Å². The van der Waals surface area contributed by atoms with Crippen LogP contribution in [0.1, 0.15) is 60.3 Å². The van der Waals surface area contributed by atoms with Gasteiger partial charge in [-0.15, -0.1) is 0 Å². The van der Waals surface area contributed by atoms with Gasteiger partial charge in [-0.25, -0.2) is 0 Å². The normalized spacial score (nSPS) is 32.7. The summed E-state index contributed by atoms with van der Waals surface area (Å²) in [7, 11) is 0. The Hall–Kier alpha value is -0.510. The molecule has 0 aliphatic heterocycles. The molecule has 0 radical (unpaired) electrons. The van der Waals surface area contributed by atoms with Crippen LogP contribution in [0.5, 0.6) is 0 Å². The van der Waals surface area contributed by atoms with E-state index in [1.165, 1.54) is 12.8 Å². The second kappa shape index (κ2) is 4.16. The highest BCUT2D eigenvalue weighted by Crippen LogP contribution is 2.48. The number of nitriles is 1. The first-order valence-corrected chi connectivity index (χ1v) is 6.23. The molecule has 1 saturated carbocycles. The quantitative estimate of drug-likeness (QED) is 0.625. The van der Waals surface area contributed by atoms with E-state index >= 15 is 0 Å². The van der Waals surface area contributed by atoms with Crippen LogP contribution in [0.15, 0.2) is 0 Å². The van der Waals surface area contributed by atoms with Crippen LogP contribution in [-0.2, 0) is 0 Å². The van der Waals surface area contributed by atoms with Gasteiger partial charge < -0.3 is 0 Å². The van der Waals surface area contributed by atoms with Crippen LogP contribution in [0.4, 0.5) is 0 Å². The Kier molecular flexibility index (Phi) is 3.48. The molecule has 15 heavy (non-hydrogen) atoms. The fourth-order valence-electron chi connectivity index (χ4n) is 2.82. The Morgan fingerprint density at radius 3 is 1.93 bits per heavy atom. The van der Waals surface area contributed by atoms with Crippen molar-refractivity contribution in [3.8, 4) is 6.07 Å². The third-order valence-electron chi connectivity index (χ3n) is 4.43. The fourth-order valence-corrected chi connectivity index (χ4v) is 2.82. The van der Waals surface area contributed by atoms with E-state index in [1.807, 2.05) is 0 Å². The molecule has 1 nitrogen and oxygen atoms in total. The Morgan fingerprint density at radius 1 is 1.20 bits per heavy atom. The maximum Gasteiger partial charge on any atom is 0.0692 e. The highest BCUT2D eigenvalue weighted by Gasteiger charge is 2.40. The average molecular weight is 207 g/mol. The summed E-state index contributed by atoms with van der Waals surface area (Å²) in [6.07, 6.45) is 4.66. The van der Waals surface area contributed by atoms with Gasteiger partial charge in [-0.3, -0.25) is 0 Å². The van der Waals surface area contributed by atoms with Crippen molar-refractivity contribution in [1.82, 2.24) is 0 Å². The molecule has 0 aromatic carbocycles. The van der Waals surface area contributed by atoms with E-state index in [4.69, 9.17) is 0 Å². The Labute approximate surface area is 94.9 Å². The maximum atomic E-state index is 9.35. The van der Waals surface area contributed by atoms with E-state index in [1.54, 1.807) is 0 Å². The molecule has 1 fully saturated rings. The van der Waals surface area contributed by atoms with Gasteiger partial charge in [0.2, 0.25) is 0 Å². The lowest BCUT2D eigenvalue weighted by Crippen LogP contribution is -2.34.